The largest absolute Gasteiger partial charge is 0.228 e. The molecule has 0 aliphatic rings. The van der Waals surface area contributed by atoms with E-state index in [-0.39, 0.29) is 0 Å². The number of hydrogen-bond donors (Lipinski definition) is 0. The van der Waals surface area contributed by atoms with Crippen LogP contribution in [0, 0.1) is 22.7 Å². The fourth-order valence-corrected chi connectivity index (χ4v) is 6.11. The Morgan fingerprint density at radius 2 is 0.978 bits per heavy atom. The van der Waals surface area contributed by atoms with Crippen LogP contribution in [0.25, 0.3) is 77.3 Å². The minimum Gasteiger partial charge on any atom is -0.228 e. The van der Waals surface area contributed by atoms with Gasteiger partial charge in [-0.2, -0.15) is 10.5 Å². The van der Waals surface area contributed by atoms with Crippen LogP contribution in [-0.2, 0) is 0 Å². The van der Waals surface area contributed by atoms with Crippen molar-refractivity contribution in [2.45, 2.75) is 0 Å². The van der Waals surface area contributed by atoms with Crippen LogP contribution in [0.15, 0.2) is 146 Å². The van der Waals surface area contributed by atoms with Gasteiger partial charge in [0.25, 0.3) is 0 Å². The van der Waals surface area contributed by atoms with Gasteiger partial charge in [-0.1, -0.05) is 97.1 Å². The first kappa shape index (κ1) is 27.0. The lowest BCUT2D eigenvalue weighted by Gasteiger charge is -2.12. The summed E-state index contributed by atoms with van der Waals surface area (Å²) >= 11 is 0. The van der Waals surface area contributed by atoms with Gasteiger partial charge in [0, 0.05) is 16.5 Å². The van der Waals surface area contributed by atoms with E-state index in [1.165, 1.54) is 0 Å². The average molecular weight is 585 g/mol. The van der Waals surface area contributed by atoms with Gasteiger partial charge < -0.3 is 0 Å². The highest BCUT2D eigenvalue weighted by molar-refractivity contribution is 6.01. The highest BCUT2D eigenvalue weighted by Gasteiger charge is 2.14. The molecule has 0 N–H and O–H groups in total. The van der Waals surface area contributed by atoms with Crippen LogP contribution in [0.1, 0.15) is 11.1 Å². The van der Waals surface area contributed by atoms with Gasteiger partial charge >= 0.3 is 0 Å². The van der Waals surface area contributed by atoms with E-state index in [9.17, 15) is 5.26 Å². The van der Waals surface area contributed by atoms with Crippen LogP contribution >= 0.6 is 0 Å². The predicted molar refractivity (Wildman–Crippen MR) is 186 cm³/mol. The van der Waals surface area contributed by atoms with Gasteiger partial charge in [-0.15, -0.1) is 0 Å². The Bertz CT molecular complexity index is 2530. The zero-order valence-electron chi connectivity index (χ0n) is 24.6. The SMILES string of the molecule is N#Cc1ccc(-c2ccc3cc(-c4ccc5cccc(-c6nc(-c7ccc(C#N)cc7)c7ccccc7n6)c5c4)ccc3c2)cc1. The third-order valence-electron chi connectivity index (χ3n) is 8.53. The third-order valence-corrected chi connectivity index (χ3v) is 8.53. The van der Waals surface area contributed by atoms with Crippen LogP contribution in [0.2, 0.25) is 0 Å². The van der Waals surface area contributed by atoms with Crippen molar-refractivity contribution in [1.82, 2.24) is 9.97 Å². The third kappa shape index (κ3) is 4.81. The van der Waals surface area contributed by atoms with E-state index in [0.29, 0.717) is 17.0 Å². The lowest BCUT2D eigenvalue weighted by Crippen LogP contribution is -1.96. The first-order valence-electron chi connectivity index (χ1n) is 15.0. The van der Waals surface area contributed by atoms with Crippen molar-refractivity contribution in [2.75, 3.05) is 0 Å². The lowest BCUT2D eigenvalue weighted by molar-refractivity contribution is 1.23. The molecular weight excluding hydrogens is 560 g/mol. The Kier molecular flexibility index (Phi) is 6.53. The van der Waals surface area contributed by atoms with Crippen LogP contribution in [0.4, 0.5) is 0 Å². The minimum absolute atomic E-state index is 0.615. The van der Waals surface area contributed by atoms with Crippen molar-refractivity contribution < 1.29 is 0 Å². The Labute approximate surface area is 266 Å². The van der Waals surface area contributed by atoms with Crippen molar-refractivity contribution in [3.05, 3.63) is 157 Å². The molecule has 0 radical (unpaired) electrons. The maximum absolute atomic E-state index is 9.31. The molecule has 212 valence electrons. The first-order chi connectivity index (χ1) is 22.7. The standard InChI is InChI=1S/C42H24N4/c43-25-27-8-12-29(13-9-27)32-18-19-34-23-35(21-20-33(34)22-32)36-17-16-30-4-3-6-37(39(30)24-36)42-45-40-7-2-1-5-38(40)41(46-42)31-14-10-28(26-44)11-15-31/h1-24H. The Balaban J connectivity index is 1.22. The molecule has 0 bridgehead atoms. The van der Waals surface area contributed by atoms with Gasteiger partial charge in [-0.3, -0.25) is 0 Å². The smallest absolute Gasteiger partial charge is 0.161 e. The number of nitriles is 2. The molecule has 0 aliphatic heterocycles. The summed E-state index contributed by atoms with van der Waals surface area (Å²) in [6.45, 7) is 0. The summed E-state index contributed by atoms with van der Waals surface area (Å²) < 4.78 is 0. The second-order valence-electron chi connectivity index (χ2n) is 11.3. The number of para-hydroxylation sites is 1. The van der Waals surface area contributed by atoms with Gasteiger partial charge in [0.2, 0.25) is 0 Å². The maximum atomic E-state index is 9.31. The minimum atomic E-state index is 0.615. The monoisotopic (exact) mass is 584 g/mol. The zero-order chi connectivity index (χ0) is 31.0. The van der Waals surface area contributed by atoms with Gasteiger partial charge in [0.05, 0.1) is 34.5 Å². The molecule has 4 nitrogen and oxygen atoms in total. The van der Waals surface area contributed by atoms with Crippen molar-refractivity contribution in [3.8, 4) is 57.0 Å². The Hall–Kier alpha value is -6.62. The molecule has 0 unspecified atom stereocenters. The predicted octanol–water partition coefficient (Wildman–Crippen LogP) is 10.3. The zero-order valence-corrected chi connectivity index (χ0v) is 24.6. The lowest BCUT2D eigenvalue weighted by atomic mass is 9.95. The van der Waals surface area contributed by atoms with E-state index < -0.39 is 0 Å². The van der Waals surface area contributed by atoms with Gasteiger partial charge in [0.15, 0.2) is 5.82 Å². The van der Waals surface area contributed by atoms with E-state index in [1.54, 1.807) is 0 Å². The molecule has 0 amide bonds. The molecule has 0 spiro atoms. The summed E-state index contributed by atoms with van der Waals surface area (Å²) in [5.41, 5.74) is 9.35. The van der Waals surface area contributed by atoms with E-state index in [2.05, 4.69) is 84.9 Å². The topological polar surface area (TPSA) is 73.4 Å². The molecule has 8 rings (SSSR count). The van der Waals surface area contributed by atoms with Crippen molar-refractivity contribution in [1.29, 1.82) is 10.5 Å². The van der Waals surface area contributed by atoms with Crippen molar-refractivity contribution in [2.24, 2.45) is 0 Å². The van der Waals surface area contributed by atoms with Crippen molar-refractivity contribution >= 4 is 32.4 Å². The number of nitrogens with zero attached hydrogens (tertiary/aromatic N) is 4. The molecule has 1 aromatic heterocycles. The summed E-state index contributed by atoms with van der Waals surface area (Å²) in [7, 11) is 0. The fourth-order valence-electron chi connectivity index (χ4n) is 6.11. The van der Waals surface area contributed by atoms with E-state index >= 15 is 0 Å². The molecule has 0 aliphatic carbocycles. The van der Waals surface area contributed by atoms with Gasteiger partial charge in [-0.25, -0.2) is 9.97 Å². The molecule has 7 aromatic carbocycles. The van der Waals surface area contributed by atoms with Gasteiger partial charge in [0.1, 0.15) is 0 Å². The highest BCUT2D eigenvalue weighted by atomic mass is 14.9. The average Bonchev–Trinajstić information content (AvgIpc) is 3.13. The second-order valence-corrected chi connectivity index (χ2v) is 11.3. The molecule has 1 heterocycles. The first-order valence-corrected chi connectivity index (χ1v) is 15.0. The van der Waals surface area contributed by atoms with Crippen molar-refractivity contribution in [3.63, 3.8) is 0 Å². The number of aromatic nitrogens is 2. The molecule has 0 atom stereocenters. The Morgan fingerprint density at radius 1 is 0.413 bits per heavy atom. The molecule has 0 saturated heterocycles. The number of rotatable bonds is 4. The maximum Gasteiger partial charge on any atom is 0.161 e. The van der Waals surface area contributed by atoms with E-state index in [1.807, 2.05) is 72.8 Å². The summed E-state index contributed by atoms with van der Waals surface area (Å²) in [6.07, 6.45) is 0. The molecule has 8 aromatic rings. The Morgan fingerprint density at radius 3 is 1.65 bits per heavy atom. The van der Waals surface area contributed by atoms with Gasteiger partial charge in [-0.05, 0) is 92.3 Å². The van der Waals surface area contributed by atoms with Crippen LogP contribution in [0.5, 0.6) is 0 Å². The molecule has 46 heavy (non-hydrogen) atoms. The summed E-state index contributed by atoms with van der Waals surface area (Å²) in [4.78, 5) is 10.1. The van der Waals surface area contributed by atoms with Crippen LogP contribution < -0.4 is 0 Å². The van der Waals surface area contributed by atoms with E-state index in [0.717, 1.165) is 71.5 Å². The van der Waals surface area contributed by atoms with Crippen LogP contribution in [-0.4, -0.2) is 9.97 Å². The summed E-state index contributed by atoms with van der Waals surface area (Å²) in [5.74, 6) is 0.662. The fraction of sp³-hybridized carbons (Fsp3) is 0. The molecule has 0 saturated carbocycles. The normalized spacial score (nSPS) is 11.0. The molecule has 0 fully saturated rings. The number of benzene rings is 7. The quantitative estimate of drug-likeness (QED) is 0.206. The molecular formula is C42H24N4. The molecule has 4 heteroatoms. The highest BCUT2D eigenvalue weighted by Crippen LogP contribution is 2.35. The summed E-state index contributed by atoms with van der Waals surface area (Å²) in [5, 5.41) is 23.9. The second kappa shape index (κ2) is 11.1. The number of fused-ring (bicyclic) bond motifs is 3. The number of hydrogen-bond acceptors (Lipinski definition) is 4. The van der Waals surface area contributed by atoms with Crippen LogP contribution in [0.3, 0.4) is 0 Å². The van der Waals surface area contributed by atoms with E-state index in [4.69, 9.17) is 15.2 Å². The summed E-state index contributed by atoms with van der Waals surface area (Å²) in [6, 6.07) is 53.6.